The highest BCUT2D eigenvalue weighted by Gasteiger charge is 2.14. The molecule has 2 nitrogen and oxygen atoms in total. The summed E-state index contributed by atoms with van der Waals surface area (Å²) in [5, 5.41) is 0. The molecule has 17 heavy (non-hydrogen) atoms. The van der Waals surface area contributed by atoms with E-state index in [2.05, 4.69) is 11.1 Å². The Labute approximate surface area is 96.9 Å². The Balaban J connectivity index is 2.64. The molecule has 0 N–H and O–H groups in total. The van der Waals surface area contributed by atoms with E-state index >= 15 is 0 Å². The average molecular weight is 232 g/mol. The van der Waals surface area contributed by atoms with Gasteiger partial charge in [0, 0.05) is 17.2 Å². The third-order valence-electron chi connectivity index (χ3n) is 2.27. The number of ketones is 1. The van der Waals surface area contributed by atoms with E-state index in [0.29, 0.717) is 5.56 Å². The van der Waals surface area contributed by atoms with Crippen LogP contribution in [-0.2, 0) is 0 Å². The highest BCUT2D eigenvalue weighted by molar-refractivity contribution is 6.00. The zero-order valence-corrected chi connectivity index (χ0v) is 9.00. The number of hydrogen-bond donors (Lipinski definition) is 0. The minimum atomic E-state index is -0.799. The molecule has 2 aromatic rings. The molecule has 0 aliphatic rings. The summed E-state index contributed by atoms with van der Waals surface area (Å²) >= 11 is 0. The van der Waals surface area contributed by atoms with Crippen molar-refractivity contribution in [1.29, 1.82) is 0 Å². The lowest BCUT2D eigenvalue weighted by atomic mass is 10.0. The van der Waals surface area contributed by atoms with Gasteiger partial charge in [-0.05, 0) is 13.0 Å². The summed E-state index contributed by atoms with van der Waals surface area (Å²) in [6.07, 6.45) is 0.912. The minimum Gasteiger partial charge on any atom is -0.294 e. The fraction of sp³-hybridized carbons (Fsp3) is 0.0769. The van der Waals surface area contributed by atoms with Crippen LogP contribution in [0.5, 0.6) is 0 Å². The van der Waals surface area contributed by atoms with Crippen molar-refractivity contribution >= 4 is 5.78 Å². The molecule has 1 aromatic carbocycles. The molecule has 0 aliphatic heterocycles. The smallest absolute Gasteiger partial charge is 0.161 e. The number of rotatable bonds is 2. The maximum Gasteiger partial charge on any atom is 0.161 e. The number of aromatic nitrogens is 1. The minimum absolute atomic E-state index is 0.0477. The SMILES string of the molecule is CC(=O)c1[c]cccc1-c1ncc(F)cc1F. The predicted molar refractivity (Wildman–Crippen MR) is 58.4 cm³/mol. The third-order valence-corrected chi connectivity index (χ3v) is 2.27. The number of hydrogen-bond acceptors (Lipinski definition) is 2. The fourth-order valence-electron chi connectivity index (χ4n) is 1.54. The van der Waals surface area contributed by atoms with Gasteiger partial charge in [0.25, 0.3) is 0 Å². The quantitative estimate of drug-likeness (QED) is 0.745. The molecule has 0 amide bonds. The lowest BCUT2D eigenvalue weighted by Gasteiger charge is -2.06. The molecule has 1 heterocycles. The monoisotopic (exact) mass is 232 g/mol. The second kappa shape index (κ2) is 4.41. The molecule has 0 aliphatic carbocycles. The Morgan fingerprint density at radius 1 is 1.41 bits per heavy atom. The van der Waals surface area contributed by atoms with Gasteiger partial charge < -0.3 is 0 Å². The normalized spacial score (nSPS) is 10.3. The largest absolute Gasteiger partial charge is 0.294 e. The van der Waals surface area contributed by atoms with Gasteiger partial charge in [0.1, 0.15) is 11.5 Å². The third kappa shape index (κ3) is 2.20. The number of carbonyl (C=O) groups is 1. The van der Waals surface area contributed by atoms with Crippen molar-refractivity contribution in [3.63, 3.8) is 0 Å². The van der Waals surface area contributed by atoms with Crippen molar-refractivity contribution in [2.45, 2.75) is 6.92 Å². The van der Waals surface area contributed by atoms with Gasteiger partial charge in [-0.15, -0.1) is 0 Å². The number of pyridine rings is 1. The van der Waals surface area contributed by atoms with E-state index in [4.69, 9.17) is 0 Å². The van der Waals surface area contributed by atoms with Crippen LogP contribution in [0.25, 0.3) is 11.3 Å². The maximum atomic E-state index is 13.6. The van der Waals surface area contributed by atoms with Gasteiger partial charge >= 0.3 is 0 Å². The van der Waals surface area contributed by atoms with Gasteiger partial charge in [0.2, 0.25) is 0 Å². The number of halogens is 2. The van der Waals surface area contributed by atoms with E-state index in [-0.39, 0.29) is 17.0 Å². The highest BCUT2D eigenvalue weighted by Crippen LogP contribution is 2.24. The van der Waals surface area contributed by atoms with Gasteiger partial charge in [-0.1, -0.05) is 18.2 Å². The van der Waals surface area contributed by atoms with Crippen LogP contribution in [0.1, 0.15) is 17.3 Å². The van der Waals surface area contributed by atoms with Crippen LogP contribution in [-0.4, -0.2) is 10.8 Å². The summed E-state index contributed by atoms with van der Waals surface area (Å²) in [6, 6.07) is 8.19. The van der Waals surface area contributed by atoms with Crippen LogP contribution >= 0.6 is 0 Å². The molecule has 1 radical (unpaired) electrons. The zero-order chi connectivity index (χ0) is 12.4. The van der Waals surface area contributed by atoms with E-state index in [1.807, 2.05) is 0 Å². The summed E-state index contributed by atoms with van der Waals surface area (Å²) in [5.74, 6) is -1.80. The standard InChI is InChI=1S/C13H8F2NO/c1-8(17)10-4-2-3-5-11(10)13-12(15)6-9(14)7-16-13/h2-3,5-7H,1H3. The Morgan fingerprint density at radius 3 is 2.82 bits per heavy atom. The molecular weight excluding hydrogens is 224 g/mol. The molecule has 1 aromatic heterocycles. The number of nitrogens with zero attached hydrogens (tertiary/aromatic N) is 1. The highest BCUT2D eigenvalue weighted by atomic mass is 19.1. The Morgan fingerprint density at radius 2 is 2.18 bits per heavy atom. The molecule has 0 spiro atoms. The molecule has 0 unspecified atom stereocenters. The first kappa shape index (κ1) is 11.4. The van der Waals surface area contributed by atoms with Crippen LogP contribution in [0.2, 0.25) is 0 Å². The van der Waals surface area contributed by atoms with Crippen LogP contribution in [0, 0.1) is 17.7 Å². The Hall–Kier alpha value is -2.10. The second-order valence-corrected chi connectivity index (χ2v) is 3.50. The van der Waals surface area contributed by atoms with Crippen molar-refractivity contribution in [3.05, 3.63) is 53.7 Å². The average Bonchev–Trinajstić information content (AvgIpc) is 2.29. The first-order valence-electron chi connectivity index (χ1n) is 4.92. The predicted octanol–water partition coefficient (Wildman–Crippen LogP) is 3.03. The molecule has 0 saturated carbocycles. The first-order valence-corrected chi connectivity index (χ1v) is 4.92. The molecule has 0 atom stereocenters. The number of benzene rings is 1. The van der Waals surface area contributed by atoms with E-state index < -0.39 is 11.6 Å². The van der Waals surface area contributed by atoms with Crippen LogP contribution in [0.4, 0.5) is 8.78 Å². The summed E-state index contributed by atoms with van der Waals surface area (Å²) in [6.45, 7) is 1.36. The molecule has 2 rings (SSSR count). The van der Waals surface area contributed by atoms with Crippen LogP contribution in [0.3, 0.4) is 0 Å². The number of Topliss-reactive ketones (excluding diaryl/α,β-unsaturated/α-hetero) is 1. The van der Waals surface area contributed by atoms with Gasteiger partial charge in [-0.2, -0.15) is 0 Å². The van der Waals surface area contributed by atoms with Crippen molar-refractivity contribution in [2.24, 2.45) is 0 Å². The van der Waals surface area contributed by atoms with E-state index in [0.717, 1.165) is 12.3 Å². The molecule has 0 bridgehead atoms. The maximum absolute atomic E-state index is 13.6. The lowest BCUT2D eigenvalue weighted by Crippen LogP contribution is -1.99. The topological polar surface area (TPSA) is 30.0 Å². The first-order chi connectivity index (χ1) is 8.09. The van der Waals surface area contributed by atoms with Crippen molar-refractivity contribution in [2.75, 3.05) is 0 Å². The summed E-state index contributed by atoms with van der Waals surface area (Å²) in [7, 11) is 0. The summed E-state index contributed by atoms with van der Waals surface area (Å²) in [5.41, 5.74) is 0.511. The lowest BCUT2D eigenvalue weighted by molar-refractivity contribution is 0.101. The van der Waals surface area contributed by atoms with Gasteiger partial charge in [0.05, 0.1) is 6.20 Å². The van der Waals surface area contributed by atoms with E-state index in [1.54, 1.807) is 18.2 Å². The van der Waals surface area contributed by atoms with Crippen molar-refractivity contribution in [3.8, 4) is 11.3 Å². The van der Waals surface area contributed by atoms with E-state index in [1.165, 1.54) is 6.92 Å². The second-order valence-electron chi connectivity index (χ2n) is 3.50. The summed E-state index contributed by atoms with van der Waals surface area (Å²) in [4.78, 5) is 15.0. The molecule has 85 valence electrons. The van der Waals surface area contributed by atoms with Crippen molar-refractivity contribution in [1.82, 2.24) is 4.98 Å². The molecular formula is C13H8F2NO. The molecule has 4 heteroatoms. The fourth-order valence-corrected chi connectivity index (χ4v) is 1.54. The van der Waals surface area contributed by atoms with Crippen LogP contribution < -0.4 is 0 Å². The number of carbonyl (C=O) groups excluding carboxylic acids is 1. The zero-order valence-electron chi connectivity index (χ0n) is 9.00. The van der Waals surface area contributed by atoms with Crippen molar-refractivity contribution < 1.29 is 13.6 Å². The molecule has 0 saturated heterocycles. The van der Waals surface area contributed by atoms with Gasteiger partial charge in [-0.25, -0.2) is 8.78 Å². The van der Waals surface area contributed by atoms with Gasteiger partial charge in [0.15, 0.2) is 11.6 Å². The van der Waals surface area contributed by atoms with Gasteiger partial charge in [-0.3, -0.25) is 9.78 Å². The summed E-state index contributed by atoms with van der Waals surface area (Å²) < 4.78 is 26.3. The van der Waals surface area contributed by atoms with E-state index in [9.17, 15) is 13.6 Å². The molecule has 0 fully saturated rings. The van der Waals surface area contributed by atoms with Crippen LogP contribution in [0.15, 0.2) is 30.5 Å². The Bertz CT molecular complexity index is 581. The Kier molecular flexibility index (Phi) is 2.95.